The number of fused-ring (bicyclic) bond motifs is 3. The molecule has 2 heterocycles. The zero-order valence-corrected chi connectivity index (χ0v) is 17.3. The third-order valence-electron chi connectivity index (χ3n) is 4.76. The number of H-pyrrole nitrogens is 1. The van der Waals surface area contributed by atoms with Crippen LogP contribution < -0.4 is 5.56 Å². The summed E-state index contributed by atoms with van der Waals surface area (Å²) >= 11 is 1.10. The van der Waals surface area contributed by atoms with Gasteiger partial charge in [-0.1, -0.05) is 49.0 Å². The van der Waals surface area contributed by atoms with Crippen LogP contribution in [0.15, 0.2) is 58.5 Å². The molecule has 0 aliphatic carbocycles. The summed E-state index contributed by atoms with van der Waals surface area (Å²) in [7, 11) is 0. The fourth-order valence-electron chi connectivity index (χ4n) is 3.33. The van der Waals surface area contributed by atoms with Gasteiger partial charge in [-0.05, 0) is 31.5 Å². The molecule has 8 heteroatoms. The van der Waals surface area contributed by atoms with Crippen LogP contribution in [0.2, 0.25) is 0 Å². The van der Waals surface area contributed by atoms with E-state index in [2.05, 4.69) is 4.98 Å². The smallest absolute Gasteiger partial charge is 0.319 e. The highest BCUT2D eigenvalue weighted by molar-refractivity contribution is 8.00. The molecule has 0 amide bonds. The molecule has 1 unspecified atom stereocenters. The van der Waals surface area contributed by atoms with Gasteiger partial charge in [0, 0.05) is 10.9 Å². The van der Waals surface area contributed by atoms with Crippen molar-refractivity contribution in [3.8, 4) is 5.69 Å². The van der Waals surface area contributed by atoms with Gasteiger partial charge in [-0.2, -0.15) is 0 Å². The Kier molecular flexibility index (Phi) is 5.59. The highest BCUT2D eigenvalue weighted by Crippen LogP contribution is 2.30. The van der Waals surface area contributed by atoms with E-state index in [-0.39, 0.29) is 23.0 Å². The highest BCUT2D eigenvalue weighted by atomic mass is 32.2. The SMILES string of the molecule is CCOC(=O)C(CC)Sc1nc2c([nH]c3ccccc32)c(=O)n1-c1ccccc1F. The van der Waals surface area contributed by atoms with Crippen molar-refractivity contribution in [3.05, 3.63) is 64.7 Å². The van der Waals surface area contributed by atoms with Crippen LogP contribution in [-0.2, 0) is 9.53 Å². The standard InChI is InChI=1S/C22H20FN3O3S/c1-3-17(21(28)29-4-2)30-22-25-18-13-9-5-7-11-15(13)24-19(18)20(27)26(22)16-12-8-6-10-14(16)23/h5-12,17,24H,3-4H2,1-2H3. The molecule has 0 saturated heterocycles. The Hall–Kier alpha value is -3.13. The van der Waals surface area contributed by atoms with Crippen LogP contribution in [0.3, 0.4) is 0 Å². The van der Waals surface area contributed by atoms with Crippen molar-refractivity contribution in [2.45, 2.75) is 30.7 Å². The fourth-order valence-corrected chi connectivity index (χ4v) is 4.34. The molecule has 0 aliphatic rings. The summed E-state index contributed by atoms with van der Waals surface area (Å²) in [6.07, 6.45) is 0.475. The van der Waals surface area contributed by atoms with Gasteiger partial charge in [0.15, 0.2) is 5.16 Å². The Morgan fingerprint density at radius 1 is 1.20 bits per heavy atom. The fraction of sp³-hybridized carbons (Fsp3) is 0.227. The first-order chi connectivity index (χ1) is 14.5. The largest absolute Gasteiger partial charge is 0.465 e. The second-order valence-corrected chi connectivity index (χ2v) is 7.82. The topological polar surface area (TPSA) is 77.0 Å². The van der Waals surface area contributed by atoms with Gasteiger partial charge in [0.1, 0.15) is 22.1 Å². The first-order valence-corrected chi connectivity index (χ1v) is 10.5. The Bertz CT molecular complexity index is 1300. The summed E-state index contributed by atoms with van der Waals surface area (Å²) in [6.45, 7) is 3.84. The van der Waals surface area contributed by atoms with Crippen LogP contribution in [0.5, 0.6) is 0 Å². The van der Waals surface area contributed by atoms with Crippen molar-refractivity contribution in [1.29, 1.82) is 0 Å². The second-order valence-electron chi connectivity index (χ2n) is 6.65. The van der Waals surface area contributed by atoms with Crippen molar-refractivity contribution >= 4 is 39.7 Å². The first-order valence-electron chi connectivity index (χ1n) is 9.66. The van der Waals surface area contributed by atoms with Gasteiger partial charge in [0.25, 0.3) is 5.56 Å². The van der Waals surface area contributed by atoms with E-state index >= 15 is 0 Å². The van der Waals surface area contributed by atoms with Gasteiger partial charge in [0.05, 0.1) is 12.3 Å². The minimum absolute atomic E-state index is 0.0803. The summed E-state index contributed by atoms with van der Waals surface area (Å²) in [6, 6.07) is 13.4. The van der Waals surface area contributed by atoms with Crippen LogP contribution >= 0.6 is 11.8 Å². The molecule has 2 aromatic heterocycles. The molecule has 0 radical (unpaired) electrons. The maximum Gasteiger partial charge on any atom is 0.319 e. The monoisotopic (exact) mass is 425 g/mol. The number of hydrogen-bond acceptors (Lipinski definition) is 5. The average molecular weight is 425 g/mol. The number of carbonyl (C=O) groups is 1. The Balaban J connectivity index is 1.99. The van der Waals surface area contributed by atoms with Gasteiger partial charge in [0.2, 0.25) is 0 Å². The number of esters is 1. The number of aromatic amines is 1. The van der Waals surface area contributed by atoms with Crippen molar-refractivity contribution in [3.63, 3.8) is 0 Å². The van der Waals surface area contributed by atoms with Crippen molar-refractivity contribution in [2.75, 3.05) is 6.61 Å². The number of nitrogens with zero attached hydrogens (tertiary/aromatic N) is 2. The molecule has 4 aromatic rings. The third kappa shape index (κ3) is 3.47. The minimum Gasteiger partial charge on any atom is -0.465 e. The molecule has 1 N–H and O–H groups in total. The van der Waals surface area contributed by atoms with Crippen LogP contribution in [0.25, 0.3) is 27.6 Å². The zero-order chi connectivity index (χ0) is 21.3. The Labute approximate surface area is 176 Å². The molecular weight excluding hydrogens is 405 g/mol. The second kappa shape index (κ2) is 8.31. The summed E-state index contributed by atoms with van der Waals surface area (Å²) < 4.78 is 21.0. The van der Waals surface area contributed by atoms with E-state index in [9.17, 15) is 14.0 Å². The molecule has 154 valence electrons. The first kappa shape index (κ1) is 20.2. The van der Waals surface area contributed by atoms with E-state index in [1.165, 1.54) is 16.7 Å². The molecular formula is C22H20FN3O3S. The molecule has 0 saturated carbocycles. The number of carbonyl (C=O) groups excluding carboxylic acids is 1. The van der Waals surface area contributed by atoms with E-state index in [1.54, 1.807) is 19.1 Å². The third-order valence-corrected chi connectivity index (χ3v) is 6.05. The molecule has 0 bridgehead atoms. The number of ether oxygens (including phenoxy) is 1. The van der Waals surface area contributed by atoms with Crippen molar-refractivity contribution in [2.24, 2.45) is 0 Å². The van der Waals surface area contributed by atoms with Crippen molar-refractivity contribution < 1.29 is 13.9 Å². The van der Waals surface area contributed by atoms with Gasteiger partial charge >= 0.3 is 5.97 Å². The van der Waals surface area contributed by atoms with Crippen LogP contribution in [0, 0.1) is 5.82 Å². The zero-order valence-electron chi connectivity index (χ0n) is 16.5. The maximum absolute atomic E-state index is 14.6. The number of nitrogens with one attached hydrogen (secondary N) is 1. The van der Waals surface area contributed by atoms with Crippen LogP contribution in [0.4, 0.5) is 4.39 Å². The van der Waals surface area contributed by atoms with Gasteiger partial charge < -0.3 is 9.72 Å². The maximum atomic E-state index is 14.6. The van der Waals surface area contributed by atoms with E-state index in [0.717, 1.165) is 22.7 Å². The minimum atomic E-state index is -0.572. The molecule has 4 rings (SSSR count). The number of thioether (sulfide) groups is 1. The molecule has 0 fully saturated rings. The predicted octanol–water partition coefficient (Wildman–Crippen LogP) is 4.44. The average Bonchev–Trinajstić information content (AvgIpc) is 3.12. The van der Waals surface area contributed by atoms with Crippen molar-refractivity contribution in [1.82, 2.24) is 14.5 Å². The predicted molar refractivity (Wildman–Crippen MR) is 116 cm³/mol. The summed E-state index contributed by atoms with van der Waals surface area (Å²) in [4.78, 5) is 33.6. The lowest BCUT2D eigenvalue weighted by Gasteiger charge is -2.17. The molecule has 30 heavy (non-hydrogen) atoms. The van der Waals surface area contributed by atoms with Gasteiger partial charge in [-0.25, -0.2) is 9.37 Å². The summed E-state index contributed by atoms with van der Waals surface area (Å²) in [5.41, 5.74) is 1.19. The normalized spacial score (nSPS) is 12.4. The Morgan fingerprint density at radius 2 is 1.93 bits per heavy atom. The number of para-hydroxylation sites is 2. The van der Waals surface area contributed by atoms with Gasteiger partial charge in [-0.15, -0.1) is 0 Å². The molecule has 6 nitrogen and oxygen atoms in total. The number of halogens is 1. The highest BCUT2D eigenvalue weighted by Gasteiger charge is 2.25. The number of hydrogen-bond donors (Lipinski definition) is 1. The summed E-state index contributed by atoms with van der Waals surface area (Å²) in [5.74, 6) is -0.943. The number of benzene rings is 2. The van der Waals surface area contributed by atoms with E-state index in [4.69, 9.17) is 9.72 Å². The lowest BCUT2D eigenvalue weighted by atomic mass is 10.2. The molecule has 1 atom stereocenters. The van der Waals surface area contributed by atoms with E-state index in [0.29, 0.717) is 11.9 Å². The summed E-state index contributed by atoms with van der Waals surface area (Å²) in [5, 5.41) is 0.455. The lowest BCUT2D eigenvalue weighted by Crippen LogP contribution is -2.26. The van der Waals surface area contributed by atoms with Crippen LogP contribution in [-0.4, -0.2) is 32.4 Å². The lowest BCUT2D eigenvalue weighted by molar-refractivity contribution is -0.142. The molecule has 2 aromatic carbocycles. The number of aromatic nitrogens is 3. The van der Waals surface area contributed by atoms with Crippen LogP contribution in [0.1, 0.15) is 20.3 Å². The van der Waals surface area contributed by atoms with Gasteiger partial charge in [-0.3, -0.25) is 14.2 Å². The Morgan fingerprint density at radius 3 is 2.67 bits per heavy atom. The van der Waals surface area contributed by atoms with E-state index < -0.39 is 22.6 Å². The molecule has 0 spiro atoms. The van der Waals surface area contributed by atoms with E-state index in [1.807, 2.05) is 31.2 Å². The quantitative estimate of drug-likeness (QED) is 0.281. The number of rotatable bonds is 6. The molecule has 0 aliphatic heterocycles.